The summed E-state index contributed by atoms with van der Waals surface area (Å²) < 4.78 is 0. The SMILES string of the molecule is Cc1ccc(C(=O)O)c(C2CC2CC(C)C)c1C(=O)O. The van der Waals surface area contributed by atoms with E-state index < -0.39 is 11.9 Å². The van der Waals surface area contributed by atoms with E-state index in [1.807, 2.05) is 0 Å². The number of carbonyl (C=O) groups is 2. The molecule has 4 heteroatoms. The van der Waals surface area contributed by atoms with Crippen LogP contribution in [0.3, 0.4) is 0 Å². The third-order valence-electron chi connectivity index (χ3n) is 3.97. The smallest absolute Gasteiger partial charge is 0.336 e. The van der Waals surface area contributed by atoms with Crippen LogP contribution in [0.2, 0.25) is 0 Å². The summed E-state index contributed by atoms with van der Waals surface area (Å²) in [5, 5.41) is 18.7. The third-order valence-corrected chi connectivity index (χ3v) is 3.97. The summed E-state index contributed by atoms with van der Waals surface area (Å²) in [6.45, 7) is 5.97. The van der Waals surface area contributed by atoms with Crippen molar-refractivity contribution in [3.8, 4) is 0 Å². The lowest BCUT2D eigenvalue weighted by atomic mass is 9.91. The quantitative estimate of drug-likeness (QED) is 0.862. The summed E-state index contributed by atoms with van der Waals surface area (Å²) in [6.07, 6.45) is 1.90. The Morgan fingerprint density at radius 2 is 1.90 bits per heavy atom. The standard InChI is InChI=1S/C16H20O4/c1-8(2)6-10-7-12(10)14-11(15(17)18)5-4-9(3)13(14)16(19)20/h4-5,8,10,12H,6-7H2,1-3H3,(H,17,18)(H,19,20). The highest BCUT2D eigenvalue weighted by Crippen LogP contribution is 2.53. The van der Waals surface area contributed by atoms with Gasteiger partial charge in [0.1, 0.15) is 0 Å². The molecule has 20 heavy (non-hydrogen) atoms. The Morgan fingerprint density at radius 1 is 1.25 bits per heavy atom. The lowest BCUT2D eigenvalue weighted by Gasteiger charge is -2.13. The van der Waals surface area contributed by atoms with Gasteiger partial charge >= 0.3 is 11.9 Å². The van der Waals surface area contributed by atoms with Gasteiger partial charge in [-0.1, -0.05) is 19.9 Å². The number of carboxylic acids is 2. The summed E-state index contributed by atoms with van der Waals surface area (Å²) in [7, 11) is 0. The van der Waals surface area contributed by atoms with Crippen molar-refractivity contribution >= 4 is 11.9 Å². The largest absolute Gasteiger partial charge is 0.478 e. The molecule has 2 unspecified atom stereocenters. The molecule has 0 heterocycles. The van der Waals surface area contributed by atoms with Crippen molar-refractivity contribution < 1.29 is 19.8 Å². The van der Waals surface area contributed by atoms with Gasteiger partial charge in [0, 0.05) is 0 Å². The van der Waals surface area contributed by atoms with E-state index in [0.29, 0.717) is 23.0 Å². The minimum Gasteiger partial charge on any atom is -0.478 e. The number of rotatable bonds is 5. The molecule has 0 radical (unpaired) electrons. The molecule has 0 spiro atoms. The van der Waals surface area contributed by atoms with E-state index in [4.69, 9.17) is 0 Å². The Kier molecular flexibility index (Phi) is 3.84. The molecule has 0 amide bonds. The van der Waals surface area contributed by atoms with Gasteiger partial charge < -0.3 is 10.2 Å². The Morgan fingerprint density at radius 3 is 2.40 bits per heavy atom. The second-order valence-corrected chi connectivity index (χ2v) is 6.06. The fourth-order valence-corrected chi connectivity index (χ4v) is 3.05. The highest BCUT2D eigenvalue weighted by atomic mass is 16.4. The zero-order valence-electron chi connectivity index (χ0n) is 12.0. The molecule has 1 fully saturated rings. The second kappa shape index (κ2) is 5.27. The van der Waals surface area contributed by atoms with Crippen LogP contribution in [-0.4, -0.2) is 22.2 Å². The van der Waals surface area contributed by atoms with Crippen molar-refractivity contribution in [1.82, 2.24) is 0 Å². The fraction of sp³-hybridized carbons (Fsp3) is 0.500. The summed E-state index contributed by atoms with van der Waals surface area (Å²) in [4.78, 5) is 22.9. The van der Waals surface area contributed by atoms with Crippen LogP contribution in [0.15, 0.2) is 12.1 Å². The molecule has 0 saturated heterocycles. The lowest BCUT2D eigenvalue weighted by Crippen LogP contribution is -2.12. The predicted octanol–water partition coefficient (Wildman–Crippen LogP) is 3.54. The molecule has 1 aliphatic rings. The first-order chi connectivity index (χ1) is 9.32. The first-order valence-electron chi connectivity index (χ1n) is 6.93. The van der Waals surface area contributed by atoms with Gasteiger partial charge in [-0.2, -0.15) is 0 Å². The molecule has 2 atom stereocenters. The van der Waals surface area contributed by atoms with Gasteiger partial charge in [-0.05, 0) is 54.7 Å². The zero-order chi connectivity index (χ0) is 15.0. The molecule has 0 aliphatic heterocycles. The average molecular weight is 276 g/mol. The summed E-state index contributed by atoms with van der Waals surface area (Å²) >= 11 is 0. The molecule has 108 valence electrons. The van der Waals surface area contributed by atoms with Crippen molar-refractivity contribution in [3.05, 3.63) is 34.4 Å². The Balaban J connectivity index is 2.47. The minimum absolute atomic E-state index is 0.0782. The fourth-order valence-electron chi connectivity index (χ4n) is 3.05. The van der Waals surface area contributed by atoms with Gasteiger partial charge in [0.2, 0.25) is 0 Å². The summed E-state index contributed by atoms with van der Waals surface area (Å²) in [5.74, 6) is -1.05. The number of hydrogen-bond donors (Lipinski definition) is 2. The monoisotopic (exact) mass is 276 g/mol. The molecule has 2 N–H and O–H groups in total. The first kappa shape index (κ1) is 14.6. The van der Waals surface area contributed by atoms with Gasteiger partial charge in [0.15, 0.2) is 0 Å². The third kappa shape index (κ3) is 2.69. The van der Waals surface area contributed by atoms with Crippen LogP contribution in [0.25, 0.3) is 0 Å². The van der Waals surface area contributed by atoms with Crippen LogP contribution in [0.5, 0.6) is 0 Å². The van der Waals surface area contributed by atoms with Crippen molar-refractivity contribution in [1.29, 1.82) is 0 Å². The van der Waals surface area contributed by atoms with Gasteiger partial charge in [-0.25, -0.2) is 9.59 Å². The number of benzene rings is 1. The van der Waals surface area contributed by atoms with Crippen LogP contribution in [0.4, 0.5) is 0 Å². The van der Waals surface area contributed by atoms with E-state index in [2.05, 4.69) is 13.8 Å². The summed E-state index contributed by atoms with van der Waals surface area (Å²) in [6, 6.07) is 3.11. The van der Waals surface area contributed by atoms with Gasteiger partial charge in [-0.3, -0.25) is 0 Å². The number of carboxylic acid groups (broad SMARTS) is 2. The minimum atomic E-state index is -1.04. The van der Waals surface area contributed by atoms with Crippen molar-refractivity contribution in [2.24, 2.45) is 11.8 Å². The molecule has 1 aromatic carbocycles. The van der Waals surface area contributed by atoms with Crippen molar-refractivity contribution in [3.63, 3.8) is 0 Å². The number of aryl methyl sites for hydroxylation is 1. The van der Waals surface area contributed by atoms with Crippen LogP contribution in [0.1, 0.15) is 64.4 Å². The van der Waals surface area contributed by atoms with Crippen LogP contribution < -0.4 is 0 Å². The van der Waals surface area contributed by atoms with Gasteiger partial charge in [0.05, 0.1) is 11.1 Å². The molecule has 0 aromatic heterocycles. The Bertz CT molecular complexity index is 560. The predicted molar refractivity (Wildman–Crippen MR) is 75.4 cm³/mol. The topological polar surface area (TPSA) is 74.6 Å². The molecule has 0 bridgehead atoms. The van der Waals surface area contributed by atoms with Crippen molar-refractivity contribution in [2.45, 2.75) is 39.5 Å². The maximum Gasteiger partial charge on any atom is 0.336 e. The Hall–Kier alpha value is -1.84. The molecule has 1 aliphatic carbocycles. The maximum absolute atomic E-state index is 11.5. The molecule has 1 saturated carbocycles. The molecular formula is C16H20O4. The van der Waals surface area contributed by atoms with E-state index in [-0.39, 0.29) is 17.0 Å². The normalized spacial score (nSPS) is 21.0. The van der Waals surface area contributed by atoms with E-state index in [9.17, 15) is 19.8 Å². The highest BCUT2D eigenvalue weighted by molar-refractivity contribution is 5.98. The first-order valence-corrected chi connectivity index (χ1v) is 6.93. The van der Waals surface area contributed by atoms with E-state index >= 15 is 0 Å². The highest BCUT2D eigenvalue weighted by Gasteiger charge is 2.42. The maximum atomic E-state index is 11.5. The van der Waals surface area contributed by atoms with Crippen LogP contribution in [0, 0.1) is 18.8 Å². The van der Waals surface area contributed by atoms with E-state index in [0.717, 1.165) is 12.8 Å². The Labute approximate surface area is 118 Å². The van der Waals surface area contributed by atoms with Crippen molar-refractivity contribution in [2.75, 3.05) is 0 Å². The summed E-state index contributed by atoms with van der Waals surface area (Å²) in [5.41, 5.74) is 1.48. The molecule has 1 aromatic rings. The molecule has 2 rings (SSSR count). The molecular weight excluding hydrogens is 256 g/mol. The molecule has 4 nitrogen and oxygen atoms in total. The van der Waals surface area contributed by atoms with Crippen LogP contribution in [-0.2, 0) is 0 Å². The van der Waals surface area contributed by atoms with Gasteiger partial charge in [-0.15, -0.1) is 0 Å². The number of hydrogen-bond acceptors (Lipinski definition) is 2. The van der Waals surface area contributed by atoms with E-state index in [1.54, 1.807) is 13.0 Å². The van der Waals surface area contributed by atoms with E-state index in [1.165, 1.54) is 6.07 Å². The number of aromatic carboxylic acids is 2. The lowest BCUT2D eigenvalue weighted by molar-refractivity contribution is 0.0694. The average Bonchev–Trinajstić information content (AvgIpc) is 3.05. The van der Waals surface area contributed by atoms with Gasteiger partial charge in [0.25, 0.3) is 0 Å². The van der Waals surface area contributed by atoms with Crippen LogP contribution >= 0.6 is 0 Å². The zero-order valence-corrected chi connectivity index (χ0v) is 12.0. The second-order valence-electron chi connectivity index (χ2n) is 6.06.